The van der Waals surface area contributed by atoms with E-state index in [1.165, 1.54) is 6.07 Å². The van der Waals surface area contributed by atoms with Gasteiger partial charge in [0.15, 0.2) is 5.75 Å². The molecule has 2 rings (SSSR count). The Bertz CT molecular complexity index is 652. The van der Waals surface area contributed by atoms with Crippen molar-refractivity contribution < 1.29 is 9.66 Å². The SMILES string of the molecule is CCOc1cc(NCc2cn(C)nc2C)ccc1[N+](=O)[O-]. The number of nitrogens with zero attached hydrogens (tertiary/aromatic N) is 3. The van der Waals surface area contributed by atoms with Gasteiger partial charge in [0.2, 0.25) is 0 Å². The van der Waals surface area contributed by atoms with Crippen molar-refractivity contribution in [2.45, 2.75) is 20.4 Å². The van der Waals surface area contributed by atoms with E-state index in [-0.39, 0.29) is 11.4 Å². The maximum absolute atomic E-state index is 10.9. The predicted octanol–water partition coefficient (Wildman–Crippen LogP) is 2.65. The van der Waals surface area contributed by atoms with Gasteiger partial charge in [0.1, 0.15) is 0 Å². The number of benzene rings is 1. The third-order valence-electron chi connectivity index (χ3n) is 3.05. The number of aryl methyl sites for hydroxylation is 2. The van der Waals surface area contributed by atoms with Gasteiger partial charge in [-0.05, 0) is 19.9 Å². The highest BCUT2D eigenvalue weighted by molar-refractivity contribution is 5.58. The van der Waals surface area contributed by atoms with E-state index in [4.69, 9.17) is 4.74 Å². The molecule has 0 fully saturated rings. The Morgan fingerprint density at radius 3 is 2.81 bits per heavy atom. The fourth-order valence-corrected chi connectivity index (χ4v) is 2.07. The molecule has 0 aliphatic carbocycles. The van der Waals surface area contributed by atoms with Crippen LogP contribution in [0.5, 0.6) is 5.75 Å². The second-order valence-electron chi connectivity index (χ2n) is 4.64. The summed E-state index contributed by atoms with van der Waals surface area (Å²) >= 11 is 0. The number of nitrogens with one attached hydrogen (secondary N) is 1. The van der Waals surface area contributed by atoms with Gasteiger partial charge in [-0.3, -0.25) is 14.8 Å². The minimum Gasteiger partial charge on any atom is -0.487 e. The van der Waals surface area contributed by atoms with Gasteiger partial charge in [0, 0.05) is 43.2 Å². The molecular weight excluding hydrogens is 272 g/mol. The van der Waals surface area contributed by atoms with Gasteiger partial charge < -0.3 is 10.1 Å². The second kappa shape index (κ2) is 6.25. The average Bonchev–Trinajstić information content (AvgIpc) is 2.75. The number of nitro groups is 1. The lowest BCUT2D eigenvalue weighted by Crippen LogP contribution is -2.02. The monoisotopic (exact) mass is 290 g/mol. The van der Waals surface area contributed by atoms with Crippen molar-refractivity contribution in [3.63, 3.8) is 0 Å². The quantitative estimate of drug-likeness (QED) is 0.653. The standard InChI is InChI=1S/C14H18N4O3/c1-4-21-14-7-12(5-6-13(14)18(19)20)15-8-11-9-17(3)16-10(11)2/h5-7,9,15H,4,8H2,1-3H3. The molecule has 0 aliphatic rings. The van der Waals surface area contributed by atoms with Crippen molar-refractivity contribution in [1.29, 1.82) is 0 Å². The van der Waals surface area contributed by atoms with E-state index >= 15 is 0 Å². The summed E-state index contributed by atoms with van der Waals surface area (Å²) in [5.41, 5.74) is 2.78. The molecule has 0 saturated heterocycles. The van der Waals surface area contributed by atoms with Crippen LogP contribution >= 0.6 is 0 Å². The molecule has 0 atom stereocenters. The molecule has 0 amide bonds. The van der Waals surface area contributed by atoms with Gasteiger partial charge in [0.05, 0.1) is 17.2 Å². The fraction of sp³-hybridized carbons (Fsp3) is 0.357. The number of anilines is 1. The Hall–Kier alpha value is -2.57. The predicted molar refractivity (Wildman–Crippen MR) is 79.5 cm³/mol. The minimum atomic E-state index is -0.444. The van der Waals surface area contributed by atoms with Crippen LogP contribution in [0, 0.1) is 17.0 Å². The molecule has 1 aromatic carbocycles. The zero-order chi connectivity index (χ0) is 15.4. The molecule has 2 aromatic rings. The first-order valence-corrected chi connectivity index (χ1v) is 6.65. The molecule has 1 N–H and O–H groups in total. The second-order valence-corrected chi connectivity index (χ2v) is 4.64. The van der Waals surface area contributed by atoms with Crippen molar-refractivity contribution >= 4 is 11.4 Å². The number of rotatable bonds is 6. The van der Waals surface area contributed by atoms with E-state index in [9.17, 15) is 10.1 Å². The summed E-state index contributed by atoms with van der Waals surface area (Å²) in [6.45, 7) is 4.72. The topological polar surface area (TPSA) is 82.2 Å². The lowest BCUT2D eigenvalue weighted by atomic mass is 10.2. The van der Waals surface area contributed by atoms with Crippen LogP contribution < -0.4 is 10.1 Å². The zero-order valence-electron chi connectivity index (χ0n) is 12.3. The smallest absolute Gasteiger partial charge is 0.311 e. The van der Waals surface area contributed by atoms with Gasteiger partial charge in [-0.25, -0.2) is 0 Å². The molecule has 0 saturated carbocycles. The number of aromatic nitrogens is 2. The minimum absolute atomic E-state index is 0.0278. The Morgan fingerprint density at radius 2 is 2.24 bits per heavy atom. The van der Waals surface area contributed by atoms with Crippen molar-refractivity contribution in [2.24, 2.45) is 7.05 Å². The Balaban J connectivity index is 2.15. The summed E-state index contributed by atoms with van der Waals surface area (Å²) in [5.74, 6) is 0.274. The summed E-state index contributed by atoms with van der Waals surface area (Å²) in [7, 11) is 1.87. The maximum atomic E-state index is 10.9. The summed E-state index contributed by atoms with van der Waals surface area (Å²) in [6, 6.07) is 4.77. The van der Waals surface area contributed by atoms with Crippen molar-refractivity contribution in [3.05, 3.63) is 45.8 Å². The third kappa shape index (κ3) is 3.50. The lowest BCUT2D eigenvalue weighted by Gasteiger charge is -2.09. The Morgan fingerprint density at radius 1 is 1.48 bits per heavy atom. The van der Waals surface area contributed by atoms with E-state index < -0.39 is 4.92 Å². The van der Waals surface area contributed by atoms with Crippen LogP contribution in [0.25, 0.3) is 0 Å². The number of hydrogen-bond acceptors (Lipinski definition) is 5. The highest BCUT2D eigenvalue weighted by atomic mass is 16.6. The van der Waals surface area contributed by atoms with Crippen molar-refractivity contribution in [2.75, 3.05) is 11.9 Å². The van der Waals surface area contributed by atoms with Crippen LogP contribution in [0.2, 0.25) is 0 Å². The Labute approximate surface area is 122 Å². The molecule has 0 bridgehead atoms. The third-order valence-corrected chi connectivity index (χ3v) is 3.05. The average molecular weight is 290 g/mol. The lowest BCUT2D eigenvalue weighted by molar-refractivity contribution is -0.385. The van der Waals surface area contributed by atoms with E-state index in [0.29, 0.717) is 13.2 Å². The molecule has 1 aromatic heterocycles. The molecule has 0 spiro atoms. The van der Waals surface area contributed by atoms with Crippen LogP contribution in [0.1, 0.15) is 18.2 Å². The van der Waals surface area contributed by atoms with Crippen LogP contribution in [-0.2, 0) is 13.6 Å². The normalized spacial score (nSPS) is 10.4. The molecule has 0 radical (unpaired) electrons. The van der Waals surface area contributed by atoms with Gasteiger partial charge in [-0.2, -0.15) is 5.10 Å². The molecule has 112 valence electrons. The molecular formula is C14H18N4O3. The summed E-state index contributed by atoms with van der Waals surface area (Å²) < 4.78 is 7.08. The van der Waals surface area contributed by atoms with Gasteiger partial charge in [-0.1, -0.05) is 0 Å². The molecule has 0 unspecified atom stereocenters. The van der Waals surface area contributed by atoms with Crippen LogP contribution in [-0.4, -0.2) is 21.3 Å². The number of nitro benzene ring substituents is 1. The first-order chi connectivity index (χ1) is 10.0. The fourth-order valence-electron chi connectivity index (χ4n) is 2.07. The zero-order valence-corrected chi connectivity index (χ0v) is 12.3. The molecule has 0 aliphatic heterocycles. The Kier molecular flexibility index (Phi) is 4.42. The number of ether oxygens (including phenoxy) is 1. The molecule has 21 heavy (non-hydrogen) atoms. The summed E-state index contributed by atoms with van der Waals surface area (Å²) in [4.78, 5) is 10.5. The van der Waals surface area contributed by atoms with E-state index in [0.717, 1.165) is 16.9 Å². The van der Waals surface area contributed by atoms with Crippen LogP contribution in [0.4, 0.5) is 11.4 Å². The van der Waals surface area contributed by atoms with Gasteiger partial charge in [-0.15, -0.1) is 0 Å². The van der Waals surface area contributed by atoms with Gasteiger partial charge in [0.25, 0.3) is 0 Å². The highest BCUT2D eigenvalue weighted by Crippen LogP contribution is 2.30. The van der Waals surface area contributed by atoms with Crippen molar-refractivity contribution in [3.8, 4) is 5.75 Å². The van der Waals surface area contributed by atoms with E-state index in [1.807, 2.05) is 20.2 Å². The maximum Gasteiger partial charge on any atom is 0.311 e. The first-order valence-electron chi connectivity index (χ1n) is 6.65. The number of hydrogen-bond donors (Lipinski definition) is 1. The molecule has 7 nitrogen and oxygen atoms in total. The highest BCUT2D eigenvalue weighted by Gasteiger charge is 2.15. The molecule has 1 heterocycles. The first kappa shape index (κ1) is 14.8. The van der Waals surface area contributed by atoms with Crippen LogP contribution in [0.15, 0.2) is 24.4 Å². The summed E-state index contributed by atoms with van der Waals surface area (Å²) in [6.07, 6.45) is 1.94. The van der Waals surface area contributed by atoms with E-state index in [2.05, 4.69) is 10.4 Å². The summed E-state index contributed by atoms with van der Waals surface area (Å²) in [5, 5.41) is 18.4. The van der Waals surface area contributed by atoms with E-state index in [1.54, 1.807) is 23.7 Å². The van der Waals surface area contributed by atoms with Gasteiger partial charge >= 0.3 is 5.69 Å². The molecule has 7 heteroatoms. The largest absolute Gasteiger partial charge is 0.487 e. The van der Waals surface area contributed by atoms with Crippen LogP contribution in [0.3, 0.4) is 0 Å². The van der Waals surface area contributed by atoms with Crippen molar-refractivity contribution in [1.82, 2.24) is 9.78 Å².